The standard InChI is InChI=1S/C25H24ClN3O3S.ClH/c1-28(2)15-16-29(25-27-22-21(31-3)14-13-20(26)23(22)33-25)24(30)17-9-11-19(12-10-17)32-18-7-5-4-6-8-18;/h4-14H,15-16H2,1-3H3;1H. The molecule has 0 unspecified atom stereocenters. The molecule has 1 amide bonds. The average molecular weight is 518 g/mol. The highest BCUT2D eigenvalue weighted by Crippen LogP contribution is 2.39. The predicted molar refractivity (Wildman–Crippen MR) is 142 cm³/mol. The Morgan fingerprint density at radius 3 is 2.29 bits per heavy atom. The number of hydrogen-bond acceptors (Lipinski definition) is 6. The molecule has 0 atom stereocenters. The Balaban J connectivity index is 0.00000324. The normalized spacial score (nSPS) is 10.7. The van der Waals surface area contributed by atoms with Gasteiger partial charge in [-0.25, -0.2) is 4.98 Å². The quantitative estimate of drug-likeness (QED) is 0.271. The second-order valence-corrected chi connectivity index (χ2v) is 9.01. The monoisotopic (exact) mass is 517 g/mol. The number of carbonyl (C=O) groups is 1. The van der Waals surface area contributed by atoms with Crippen molar-refractivity contribution in [3.05, 3.63) is 77.3 Å². The smallest absolute Gasteiger partial charge is 0.260 e. The number of thiazole rings is 1. The zero-order valence-electron chi connectivity index (χ0n) is 19.0. The third-order valence-electron chi connectivity index (χ3n) is 4.99. The molecular formula is C25H25Cl2N3O3S. The number of likely N-dealkylation sites (N-methyl/N-ethyl adjacent to an activating group) is 1. The molecule has 3 aromatic carbocycles. The number of methoxy groups -OCH3 is 1. The van der Waals surface area contributed by atoms with Crippen LogP contribution >= 0.6 is 35.3 Å². The average Bonchev–Trinajstić information content (AvgIpc) is 3.26. The van der Waals surface area contributed by atoms with E-state index in [1.165, 1.54) is 11.3 Å². The van der Waals surface area contributed by atoms with E-state index < -0.39 is 0 Å². The van der Waals surface area contributed by atoms with Crippen LogP contribution in [0.2, 0.25) is 5.02 Å². The van der Waals surface area contributed by atoms with Crippen molar-refractivity contribution in [2.45, 2.75) is 0 Å². The summed E-state index contributed by atoms with van der Waals surface area (Å²) in [6, 6.07) is 20.2. The number of rotatable bonds is 8. The molecule has 0 spiro atoms. The fourth-order valence-electron chi connectivity index (χ4n) is 3.25. The highest BCUT2D eigenvalue weighted by Gasteiger charge is 2.23. The molecule has 4 aromatic rings. The molecule has 4 rings (SSSR count). The van der Waals surface area contributed by atoms with Crippen LogP contribution in [0.1, 0.15) is 10.4 Å². The van der Waals surface area contributed by atoms with E-state index in [0.29, 0.717) is 45.8 Å². The van der Waals surface area contributed by atoms with E-state index in [2.05, 4.69) is 0 Å². The maximum Gasteiger partial charge on any atom is 0.260 e. The van der Waals surface area contributed by atoms with Crippen molar-refractivity contribution in [2.24, 2.45) is 0 Å². The van der Waals surface area contributed by atoms with E-state index in [0.717, 1.165) is 10.4 Å². The van der Waals surface area contributed by atoms with Crippen LogP contribution in [-0.4, -0.2) is 50.1 Å². The van der Waals surface area contributed by atoms with Gasteiger partial charge in [0.1, 0.15) is 22.8 Å². The summed E-state index contributed by atoms with van der Waals surface area (Å²) in [4.78, 5) is 21.9. The molecule has 0 saturated carbocycles. The Bertz CT molecular complexity index is 1250. The van der Waals surface area contributed by atoms with Gasteiger partial charge in [0.05, 0.1) is 16.8 Å². The molecule has 178 valence electrons. The maximum atomic E-state index is 13.5. The summed E-state index contributed by atoms with van der Waals surface area (Å²) in [5.74, 6) is 1.88. The molecule has 1 heterocycles. The molecule has 0 aliphatic carbocycles. The summed E-state index contributed by atoms with van der Waals surface area (Å²) in [5.41, 5.74) is 1.20. The number of para-hydroxylation sites is 1. The van der Waals surface area contributed by atoms with E-state index in [-0.39, 0.29) is 18.3 Å². The number of halogens is 2. The van der Waals surface area contributed by atoms with Crippen LogP contribution in [0.4, 0.5) is 5.13 Å². The fourth-order valence-corrected chi connectivity index (χ4v) is 4.53. The lowest BCUT2D eigenvalue weighted by Crippen LogP contribution is -2.36. The molecule has 0 aliphatic rings. The maximum absolute atomic E-state index is 13.5. The fraction of sp³-hybridized carbons (Fsp3) is 0.200. The molecule has 0 bridgehead atoms. The van der Waals surface area contributed by atoms with Crippen molar-refractivity contribution in [2.75, 3.05) is 39.2 Å². The first-order valence-corrected chi connectivity index (χ1v) is 11.6. The summed E-state index contributed by atoms with van der Waals surface area (Å²) in [7, 11) is 5.53. The number of aromatic nitrogens is 1. The molecular weight excluding hydrogens is 493 g/mol. The second-order valence-electron chi connectivity index (χ2n) is 7.62. The minimum atomic E-state index is -0.141. The number of hydrogen-bond donors (Lipinski definition) is 0. The van der Waals surface area contributed by atoms with E-state index in [1.54, 1.807) is 48.4 Å². The van der Waals surface area contributed by atoms with Crippen molar-refractivity contribution in [3.63, 3.8) is 0 Å². The second kappa shape index (κ2) is 11.5. The van der Waals surface area contributed by atoms with Crippen molar-refractivity contribution < 1.29 is 14.3 Å². The first-order chi connectivity index (χ1) is 16.0. The van der Waals surface area contributed by atoms with Gasteiger partial charge in [-0.1, -0.05) is 41.1 Å². The van der Waals surface area contributed by atoms with Crippen LogP contribution < -0.4 is 14.4 Å². The molecule has 1 aromatic heterocycles. The van der Waals surface area contributed by atoms with Gasteiger partial charge in [0.25, 0.3) is 5.91 Å². The van der Waals surface area contributed by atoms with Crippen molar-refractivity contribution in [3.8, 4) is 17.2 Å². The van der Waals surface area contributed by atoms with Gasteiger partial charge >= 0.3 is 0 Å². The molecule has 34 heavy (non-hydrogen) atoms. The van der Waals surface area contributed by atoms with Crippen molar-refractivity contribution in [1.82, 2.24) is 9.88 Å². The number of anilines is 1. The van der Waals surface area contributed by atoms with Crippen LogP contribution in [0.5, 0.6) is 17.2 Å². The van der Waals surface area contributed by atoms with Gasteiger partial charge in [-0.2, -0.15) is 0 Å². The summed E-state index contributed by atoms with van der Waals surface area (Å²) >= 11 is 7.78. The minimum Gasteiger partial charge on any atom is -0.494 e. The van der Waals surface area contributed by atoms with Crippen LogP contribution in [0, 0.1) is 0 Å². The van der Waals surface area contributed by atoms with E-state index in [4.69, 9.17) is 26.1 Å². The zero-order chi connectivity index (χ0) is 23.4. The van der Waals surface area contributed by atoms with E-state index >= 15 is 0 Å². The summed E-state index contributed by atoms with van der Waals surface area (Å²) in [6.07, 6.45) is 0. The topological polar surface area (TPSA) is 54.9 Å². The predicted octanol–water partition coefficient (Wildman–Crippen LogP) is 6.38. The summed E-state index contributed by atoms with van der Waals surface area (Å²) in [6.45, 7) is 1.16. The third-order valence-corrected chi connectivity index (χ3v) is 6.53. The number of benzene rings is 3. The van der Waals surface area contributed by atoms with Crippen LogP contribution in [0.15, 0.2) is 66.7 Å². The highest BCUT2D eigenvalue weighted by molar-refractivity contribution is 7.23. The lowest BCUT2D eigenvalue weighted by molar-refractivity contribution is 0.0985. The van der Waals surface area contributed by atoms with Gasteiger partial charge in [-0.15, -0.1) is 12.4 Å². The molecule has 0 saturated heterocycles. The lowest BCUT2D eigenvalue weighted by atomic mass is 10.2. The van der Waals surface area contributed by atoms with Crippen LogP contribution in [0.25, 0.3) is 10.2 Å². The first kappa shape index (κ1) is 25.8. The zero-order valence-corrected chi connectivity index (χ0v) is 21.4. The first-order valence-electron chi connectivity index (χ1n) is 10.4. The number of carbonyl (C=O) groups excluding carboxylic acids is 1. The van der Waals surface area contributed by atoms with Gasteiger partial charge < -0.3 is 14.4 Å². The summed E-state index contributed by atoms with van der Waals surface area (Å²) in [5, 5.41) is 1.16. The molecule has 0 fully saturated rings. The van der Waals surface area contributed by atoms with Gasteiger partial charge in [-0.3, -0.25) is 9.69 Å². The van der Waals surface area contributed by atoms with E-state index in [9.17, 15) is 4.79 Å². The Labute approximate surface area is 214 Å². The SMILES string of the molecule is COc1ccc(Cl)c2sc(N(CCN(C)C)C(=O)c3ccc(Oc4ccccc4)cc3)nc12.Cl. The van der Waals surface area contributed by atoms with Gasteiger partial charge in [0, 0.05) is 18.7 Å². The lowest BCUT2D eigenvalue weighted by Gasteiger charge is -2.22. The van der Waals surface area contributed by atoms with Crippen molar-refractivity contribution in [1.29, 1.82) is 0 Å². The number of fused-ring (bicyclic) bond motifs is 1. The Hall–Kier alpha value is -2.84. The minimum absolute atomic E-state index is 0. The Kier molecular flexibility index (Phi) is 8.74. The molecule has 6 nitrogen and oxygen atoms in total. The molecule has 0 aliphatic heterocycles. The molecule has 0 radical (unpaired) electrons. The Morgan fingerprint density at radius 2 is 1.65 bits per heavy atom. The van der Waals surface area contributed by atoms with Crippen LogP contribution in [0.3, 0.4) is 0 Å². The number of amides is 1. The summed E-state index contributed by atoms with van der Waals surface area (Å²) < 4.78 is 12.1. The number of nitrogens with zero attached hydrogens (tertiary/aromatic N) is 3. The van der Waals surface area contributed by atoms with Crippen molar-refractivity contribution >= 4 is 56.6 Å². The molecule has 9 heteroatoms. The molecule has 0 N–H and O–H groups in total. The number of ether oxygens (including phenoxy) is 2. The largest absolute Gasteiger partial charge is 0.494 e. The van der Waals surface area contributed by atoms with E-state index in [1.807, 2.05) is 49.3 Å². The van der Waals surface area contributed by atoms with Gasteiger partial charge in [0.2, 0.25) is 0 Å². The third kappa shape index (κ3) is 5.80. The van der Waals surface area contributed by atoms with Gasteiger partial charge in [0.15, 0.2) is 5.13 Å². The highest BCUT2D eigenvalue weighted by atomic mass is 35.5. The van der Waals surface area contributed by atoms with Gasteiger partial charge in [-0.05, 0) is 62.6 Å². The van der Waals surface area contributed by atoms with Crippen LogP contribution in [-0.2, 0) is 0 Å². The Morgan fingerprint density at radius 1 is 0.971 bits per heavy atom.